The van der Waals surface area contributed by atoms with Gasteiger partial charge in [0.15, 0.2) is 0 Å². The molecule has 2 aromatic rings. The van der Waals surface area contributed by atoms with Gasteiger partial charge in [0.25, 0.3) is 5.91 Å². The summed E-state index contributed by atoms with van der Waals surface area (Å²) >= 11 is 5.03. The van der Waals surface area contributed by atoms with E-state index in [0.29, 0.717) is 0 Å². The quantitative estimate of drug-likeness (QED) is 0.691. The summed E-state index contributed by atoms with van der Waals surface area (Å²) in [6.07, 6.45) is 0. The van der Waals surface area contributed by atoms with Crippen molar-refractivity contribution >= 4 is 45.1 Å². The SMILES string of the molecule is O=C(O)C(=O)O.O=C(c1cccs1)N1CCN(Cc2cccc(Br)c2)CC1. The molecule has 0 bridgehead atoms. The van der Waals surface area contributed by atoms with E-state index in [-0.39, 0.29) is 5.91 Å². The smallest absolute Gasteiger partial charge is 0.414 e. The van der Waals surface area contributed by atoms with Crippen molar-refractivity contribution in [3.63, 3.8) is 0 Å². The van der Waals surface area contributed by atoms with E-state index in [1.807, 2.05) is 28.5 Å². The van der Waals surface area contributed by atoms with Crippen molar-refractivity contribution in [1.29, 1.82) is 0 Å². The molecule has 144 valence electrons. The highest BCUT2D eigenvalue weighted by Crippen LogP contribution is 2.16. The Morgan fingerprint density at radius 1 is 1.00 bits per heavy atom. The van der Waals surface area contributed by atoms with Gasteiger partial charge in [-0.05, 0) is 29.1 Å². The van der Waals surface area contributed by atoms with Crippen LogP contribution in [0.3, 0.4) is 0 Å². The molecule has 1 aromatic heterocycles. The van der Waals surface area contributed by atoms with Crippen LogP contribution in [-0.2, 0) is 16.1 Å². The molecule has 1 fully saturated rings. The Balaban J connectivity index is 0.000000380. The van der Waals surface area contributed by atoms with Crippen molar-refractivity contribution in [2.75, 3.05) is 26.2 Å². The van der Waals surface area contributed by atoms with E-state index in [4.69, 9.17) is 19.8 Å². The molecule has 1 amide bonds. The summed E-state index contributed by atoms with van der Waals surface area (Å²) in [5.74, 6) is -3.47. The minimum absolute atomic E-state index is 0.173. The molecule has 27 heavy (non-hydrogen) atoms. The number of thiophene rings is 1. The summed E-state index contributed by atoms with van der Waals surface area (Å²) in [7, 11) is 0. The maximum atomic E-state index is 12.3. The van der Waals surface area contributed by atoms with Crippen LogP contribution in [0.2, 0.25) is 0 Å². The highest BCUT2D eigenvalue weighted by atomic mass is 79.9. The Bertz CT molecular complexity index is 777. The molecule has 2 N–H and O–H groups in total. The van der Waals surface area contributed by atoms with E-state index in [1.165, 1.54) is 16.9 Å². The second-order valence-electron chi connectivity index (χ2n) is 5.79. The Hall–Kier alpha value is -2.23. The van der Waals surface area contributed by atoms with Gasteiger partial charge in [-0.15, -0.1) is 11.3 Å². The van der Waals surface area contributed by atoms with Crippen molar-refractivity contribution in [2.45, 2.75) is 6.54 Å². The number of rotatable bonds is 3. The van der Waals surface area contributed by atoms with Gasteiger partial charge in [-0.2, -0.15) is 0 Å². The number of benzene rings is 1. The molecular formula is C18H19BrN2O5S. The molecule has 2 heterocycles. The molecule has 1 aromatic carbocycles. The lowest BCUT2D eigenvalue weighted by Crippen LogP contribution is -2.48. The van der Waals surface area contributed by atoms with Crippen LogP contribution in [0.5, 0.6) is 0 Å². The maximum absolute atomic E-state index is 12.3. The lowest BCUT2D eigenvalue weighted by atomic mass is 10.2. The molecule has 1 aliphatic rings. The van der Waals surface area contributed by atoms with Gasteiger partial charge >= 0.3 is 11.9 Å². The fraction of sp³-hybridized carbons (Fsp3) is 0.278. The third kappa shape index (κ3) is 6.78. The molecule has 0 aliphatic carbocycles. The Morgan fingerprint density at radius 3 is 2.19 bits per heavy atom. The molecule has 9 heteroatoms. The van der Waals surface area contributed by atoms with Crippen LogP contribution in [0.1, 0.15) is 15.2 Å². The lowest BCUT2D eigenvalue weighted by Gasteiger charge is -2.34. The Morgan fingerprint density at radius 2 is 1.67 bits per heavy atom. The fourth-order valence-corrected chi connectivity index (χ4v) is 3.70. The van der Waals surface area contributed by atoms with E-state index in [2.05, 4.69) is 39.0 Å². The number of nitrogens with zero attached hydrogens (tertiary/aromatic N) is 2. The van der Waals surface area contributed by atoms with Gasteiger partial charge in [0.1, 0.15) is 0 Å². The zero-order chi connectivity index (χ0) is 19.8. The van der Waals surface area contributed by atoms with Crippen LogP contribution in [0.25, 0.3) is 0 Å². The predicted octanol–water partition coefficient (Wildman–Crippen LogP) is 2.62. The van der Waals surface area contributed by atoms with Crippen molar-refractivity contribution in [3.05, 3.63) is 56.7 Å². The van der Waals surface area contributed by atoms with Crippen molar-refractivity contribution in [3.8, 4) is 0 Å². The summed E-state index contributed by atoms with van der Waals surface area (Å²) in [6.45, 7) is 4.43. The van der Waals surface area contributed by atoms with E-state index in [0.717, 1.165) is 42.1 Å². The van der Waals surface area contributed by atoms with Crippen molar-refractivity contribution < 1.29 is 24.6 Å². The first kappa shape index (κ1) is 21.1. The Labute approximate surface area is 169 Å². The number of carboxylic acids is 2. The molecule has 0 radical (unpaired) electrons. The monoisotopic (exact) mass is 454 g/mol. The first-order chi connectivity index (χ1) is 12.9. The van der Waals surface area contributed by atoms with Gasteiger partial charge < -0.3 is 15.1 Å². The van der Waals surface area contributed by atoms with Crippen LogP contribution in [0.15, 0.2) is 46.3 Å². The first-order valence-electron chi connectivity index (χ1n) is 8.12. The maximum Gasteiger partial charge on any atom is 0.414 e. The minimum atomic E-state index is -1.82. The molecule has 1 aliphatic heterocycles. The van der Waals surface area contributed by atoms with Crippen LogP contribution in [-0.4, -0.2) is 64.0 Å². The average molecular weight is 455 g/mol. The molecule has 1 saturated heterocycles. The number of hydrogen-bond acceptors (Lipinski definition) is 5. The number of aliphatic carboxylic acids is 2. The summed E-state index contributed by atoms with van der Waals surface area (Å²) in [4.78, 5) is 35.7. The van der Waals surface area contributed by atoms with Crippen LogP contribution in [0, 0.1) is 0 Å². The summed E-state index contributed by atoms with van der Waals surface area (Å²) in [6, 6.07) is 12.2. The molecule has 0 atom stereocenters. The molecule has 7 nitrogen and oxygen atoms in total. The minimum Gasteiger partial charge on any atom is -0.473 e. The van der Waals surface area contributed by atoms with Crippen LogP contribution in [0.4, 0.5) is 0 Å². The van der Waals surface area contributed by atoms with Gasteiger partial charge in [-0.3, -0.25) is 9.69 Å². The molecule has 0 unspecified atom stereocenters. The number of hydrogen-bond donors (Lipinski definition) is 2. The third-order valence-electron chi connectivity index (χ3n) is 3.87. The van der Waals surface area contributed by atoms with Gasteiger partial charge in [-0.25, -0.2) is 9.59 Å². The zero-order valence-corrected chi connectivity index (χ0v) is 16.8. The van der Waals surface area contributed by atoms with E-state index >= 15 is 0 Å². The third-order valence-corrected chi connectivity index (χ3v) is 5.22. The van der Waals surface area contributed by atoms with Crippen LogP contribution >= 0.6 is 27.3 Å². The summed E-state index contributed by atoms with van der Waals surface area (Å²) in [5.41, 5.74) is 1.31. The fourth-order valence-electron chi connectivity index (χ4n) is 2.56. The number of amides is 1. The second-order valence-corrected chi connectivity index (χ2v) is 7.65. The van der Waals surface area contributed by atoms with Gasteiger partial charge in [0, 0.05) is 37.2 Å². The van der Waals surface area contributed by atoms with Gasteiger partial charge in [0.05, 0.1) is 4.88 Å². The standard InChI is InChI=1S/C16H17BrN2OS.C2H2O4/c17-14-4-1-3-13(11-14)12-18-6-8-19(9-7-18)16(20)15-5-2-10-21-15;3-1(4)2(5)6/h1-5,10-11H,6-9,12H2;(H,3,4)(H,5,6). The lowest BCUT2D eigenvalue weighted by molar-refractivity contribution is -0.159. The van der Waals surface area contributed by atoms with Crippen molar-refractivity contribution in [1.82, 2.24) is 9.80 Å². The number of halogens is 1. The average Bonchev–Trinajstić information content (AvgIpc) is 3.17. The van der Waals surface area contributed by atoms with Gasteiger partial charge in [-0.1, -0.05) is 34.1 Å². The number of carbonyl (C=O) groups excluding carboxylic acids is 1. The second kappa shape index (κ2) is 10.2. The molecule has 0 spiro atoms. The highest BCUT2D eigenvalue weighted by molar-refractivity contribution is 9.10. The van der Waals surface area contributed by atoms with E-state index in [9.17, 15) is 4.79 Å². The number of carbonyl (C=O) groups is 3. The van der Waals surface area contributed by atoms with E-state index in [1.54, 1.807) is 0 Å². The zero-order valence-electron chi connectivity index (χ0n) is 14.4. The van der Waals surface area contributed by atoms with Crippen molar-refractivity contribution in [2.24, 2.45) is 0 Å². The highest BCUT2D eigenvalue weighted by Gasteiger charge is 2.22. The normalized spacial score (nSPS) is 14.2. The number of carboxylic acid groups (broad SMARTS) is 2. The molecule has 0 saturated carbocycles. The molecular weight excluding hydrogens is 436 g/mol. The topological polar surface area (TPSA) is 98.1 Å². The number of piperazine rings is 1. The van der Waals surface area contributed by atoms with E-state index < -0.39 is 11.9 Å². The summed E-state index contributed by atoms with van der Waals surface area (Å²) in [5, 5.41) is 16.7. The van der Waals surface area contributed by atoms with Crippen LogP contribution < -0.4 is 0 Å². The largest absolute Gasteiger partial charge is 0.473 e. The first-order valence-corrected chi connectivity index (χ1v) is 9.80. The molecule has 3 rings (SSSR count). The summed E-state index contributed by atoms with van der Waals surface area (Å²) < 4.78 is 1.12. The van der Waals surface area contributed by atoms with Gasteiger partial charge in [0.2, 0.25) is 0 Å². The Kier molecular flexibility index (Phi) is 7.96. The predicted molar refractivity (Wildman–Crippen MR) is 105 cm³/mol.